The first-order valence-corrected chi connectivity index (χ1v) is 16.5. The molecule has 46 heavy (non-hydrogen) atoms. The molecule has 4 aromatic rings. The molecular weight excluding hydrogens is 613 g/mol. The summed E-state index contributed by atoms with van der Waals surface area (Å²) in [5, 5.41) is 15.5. The van der Waals surface area contributed by atoms with Crippen molar-refractivity contribution in [2.75, 3.05) is 29.5 Å². The van der Waals surface area contributed by atoms with E-state index < -0.39 is 45.0 Å². The molecule has 0 radical (unpaired) electrons. The first-order chi connectivity index (χ1) is 21.9. The zero-order chi connectivity index (χ0) is 33.2. The summed E-state index contributed by atoms with van der Waals surface area (Å²) in [4.78, 5) is 31.7. The Bertz CT molecular complexity index is 1900. The molecule has 11 nitrogen and oxygen atoms in total. The van der Waals surface area contributed by atoms with Crippen LogP contribution in [0.25, 0.3) is 10.8 Å². The van der Waals surface area contributed by atoms with Crippen LogP contribution in [-0.2, 0) is 14.6 Å². The van der Waals surface area contributed by atoms with Gasteiger partial charge in [0.25, 0.3) is 0 Å². The summed E-state index contributed by atoms with van der Waals surface area (Å²) < 4.78 is 48.1. The molecule has 242 valence electrons. The van der Waals surface area contributed by atoms with Crippen LogP contribution in [0.5, 0.6) is 5.75 Å². The molecule has 0 aliphatic carbocycles. The first kappa shape index (κ1) is 32.5. The summed E-state index contributed by atoms with van der Waals surface area (Å²) in [5.74, 6) is -0.394. The van der Waals surface area contributed by atoms with Gasteiger partial charge in [0.1, 0.15) is 23.4 Å². The topological polar surface area (TPSA) is 164 Å². The number of nitrogen functional groups attached to an aromatic ring is 1. The van der Waals surface area contributed by atoms with Gasteiger partial charge in [0.15, 0.2) is 9.84 Å². The molecule has 3 aromatic carbocycles. The molecule has 2 heterocycles. The summed E-state index contributed by atoms with van der Waals surface area (Å²) in [7, 11) is -3.82. The van der Waals surface area contributed by atoms with Gasteiger partial charge in [-0.15, -0.1) is 0 Å². The third-order valence-electron chi connectivity index (χ3n) is 8.03. The van der Waals surface area contributed by atoms with Crippen LogP contribution in [0.15, 0.2) is 71.8 Å². The molecule has 0 saturated carbocycles. The lowest BCUT2D eigenvalue weighted by atomic mass is 10.00. The number of carbonyl (C=O) groups is 2. The van der Waals surface area contributed by atoms with Gasteiger partial charge >= 0.3 is 6.09 Å². The lowest BCUT2D eigenvalue weighted by Gasteiger charge is -2.32. The van der Waals surface area contributed by atoms with Gasteiger partial charge in [0.05, 0.1) is 22.8 Å². The van der Waals surface area contributed by atoms with Gasteiger partial charge in [-0.2, -0.15) is 0 Å². The number of nitrogens with zero attached hydrogens (tertiary/aromatic N) is 2. The molecule has 1 saturated heterocycles. The molecule has 2 amide bonds. The quantitative estimate of drug-likeness (QED) is 0.158. The number of rotatable bonds is 10. The van der Waals surface area contributed by atoms with Crippen LogP contribution in [0.4, 0.5) is 26.4 Å². The van der Waals surface area contributed by atoms with Crippen LogP contribution in [0, 0.1) is 5.82 Å². The molecule has 1 aliphatic heterocycles. The highest BCUT2D eigenvalue weighted by Gasteiger charge is 2.39. The first-order valence-electron chi connectivity index (χ1n) is 14.9. The SMILES string of the molecule is CCOc1ccc(F)c([C@@H](Nc2ccc3c(N)nccc3c2)C(=O)N2CCC[C@@H]2c2cc(NC(=O)O)ccc2S(=O)(=O)C(C)C)c1. The summed E-state index contributed by atoms with van der Waals surface area (Å²) >= 11 is 0. The average molecular weight is 650 g/mol. The number of nitrogens with one attached hydrogen (secondary N) is 2. The molecule has 0 unspecified atom stereocenters. The van der Waals surface area contributed by atoms with Gasteiger partial charge in [0, 0.05) is 35.1 Å². The lowest BCUT2D eigenvalue weighted by molar-refractivity contribution is -0.133. The Balaban J connectivity index is 1.61. The normalized spacial score (nSPS) is 15.6. The van der Waals surface area contributed by atoms with Crippen molar-refractivity contribution in [2.24, 2.45) is 0 Å². The minimum Gasteiger partial charge on any atom is -0.494 e. The molecule has 0 spiro atoms. The minimum atomic E-state index is -3.82. The van der Waals surface area contributed by atoms with Crippen LogP contribution in [-0.4, -0.2) is 53.8 Å². The monoisotopic (exact) mass is 649 g/mol. The van der Waals surface area contributed by atoms with E-state index in [1.807, 2.05) is 0 Å². The van der Waals surface area contributed by atoms with E-state index in [1.54, 1.807) is 51.2 Å². The molecule has 0 bridgehead atoms. The Morgan fingerprint density at radius 2 is 1.87 bits per heavy atom. The maximum absolute atomic E-state index is 15.6. The second kappa shape index (κ2) is 13.2. The number of fused-ring (bicyclic) bond motifs is 1. The molecule has 1 aromatic heterocycles. The van der Waals surface area contributed by atoms with Crippen molar-refractivity contribution in [1.29, 1.82) is 0 Å². The molecule has 13 heteroatoms. The van der Waals surface area contributed by atoms with Crippen molar-refractivity contribution in [1.82, 2.24) is 9.88 Å². The van der Waals surface area contributed by atoms with E-state index in [1.165, 1.54) is 41.3 Å². The number of aromatic nitrogens is 1. The van der Waals surface area contributed by atoms with Crippen LogP contribution in [0.3, 0.4) is 0 Å². The highest BCUT2D eigenvalue weighted by Crippen LogP contribution is 2.40. The maximum atomic E-state index is 15.6. The van der Waals surface area contributed by atoms with Gasteiger partial charge in [-0.3, -0.25) is 10.1 Å². The van der Waals surface area contributed by atoms with E-state index in [2.05, 4.69) is 15.6 Å². The number of hydrogen-bond acceptors (Lipinski definition) is 8. The number of carbonyl (C=O) groups excluding carboxylic acids is 1. The Kier molecular flexibility index (Phi) is 9.33. The Morgan fingerprint density at radius 3 is 2.59 bits per heavy atom. The third-order valence-corrected chi connectivity index (χ3v) is 10.3. The summed E-state index contributed by atoms with van der Waals surface area (Å²) in [6.07, 6.45) is 1.22. The number of carboxylic acid groups (broad SMARTS) is 1. The molecule has 1 aliphatic rings. The van der Waals surface area contributed by atoms with E-state index in [9.17, 15) is 23.1 Å². The number of anilines is 3. The van der Waals surface area contributed by atoms with E-state index in [-0.39, 0.29) is 22.7 Å². The van der Waals surface area contributed by atoms with E-state index in [0.717, 1.165) is 5.39 Å². The smallest absolute Gasteiger partial charge is 0.409 e. The second-order valence-corrected chi connectivity index (χ2v) is 13.8. The van der Waals surface area contributed by atoms with Gasteiger partial charge in [0.2, 0.25) is 5.91 Å². The van der Waals surface area contributed by atoms with E-state index in [0.29, 0.717) is 47.7 Å². The average Bonchev–Trinajstić information content (AvgIpc) is 3.50. The van der Waals surface area contributed by atoms with Gasteiger partial charge in [-0.1, -0.05) is 0 Å². The van der Waals surface area contributed by atoms with Crippen molar-refractivity contribution >= 4 is 49.8 Å². The highest BCUT2D eigenvalue weighted by atomic mass is 32.2. The third kappa shape index (κ3) is 6.54. The summed E-state index contributed by atoms with van der Waals surface area (Å²) in [6, 6.07) is 13.5. The number of halogens is 1. The fraction of sp³-hybridized carbons (Fsp3) is 0.303. The highest BCUT2D eigenvalue weighted by molar-refractivity contribution is 7.92. The van der Waals surface area contributed by atoms with Crippen LogP contribution in [0.2, 0.25) is 0 Å². The van der Waals surface area contributed by atoms with Gasteiger partial charge in [-0.05, 0) is 105 Å². The predicted octanol–water partition coefficient (Wildman–Crippen LogP) is 6.14. The number of sulfone groups is 1. The van der Waals surface area contributed by atoms with Crippen molar-refractivity contribution in [2.45, 2.75) is 55.8 Å². The number of benzene rings is 3. The van der Waals surface area contributed by atoms with Crippen LogP contribution >= 0.6 is 0 Å². The van der Waals surface area contributed by atoms with Gasteiger partial charge in [-0.25, -0.2) is 22.6 Å². The maximum Gasteiger partial charge on any atom is 0.409 e. The van der Waals surface area contributed by atoms with Crippen molar-refractivity contribution < 1.29 is 32.2 Å². The fourth-order valence-electron chi connectivity index (χ4n) is 5.77. The number of amides is 2. The van der Waals surface area contributed by atoms with Gasteiger partial charge < -0.3 is 25.8 Å². The standard InChI is InChI=1S/C33H36FN5O6S/c1-4-45-23-9-11-27(34)25(18-23)30(37-21-7-10-24-20(16-21)13-14-36-31(24)35)32(40)39-15-5-6-28(39)26-17-22(38-33(41)42)8-12-29(26)46(43,44)19(2)3/h7-14,16-19,28,30,37-38H,4-6,15H2,1-3H3,(H2,35,36)(H,41,42)/t28-,30-/m1/s1. The van der Waals surface area contributed by atoms with Crippen LogP contribution < -0.4 is 21.1 Å². The zero-order valence-electron chi connectivity index (χ0n) is 25.7. The number of likely N-dealkylation sites (tertiary alicyclic amines) is 1. The zero-order valence-corrected chi connectivity index (χ0v) is 26.5. The van der Waals surface area contributed by atoms with Crippen molar-refractivity contribution in [3.05, 3.63) is 83.8 Å². The minimum absolute atomic E-state index is 0.0119. The largest absolute Gasteiger partial charge is 0.494 e. The number of pyridine rings is 1. The number of ether oxygens (including phenoxy) is 1. The summed E-state index contributed by atoms with van der Waals surface area (Å²) in [5.41, 5.74) is 7.05. The molecule has 5 N–H and O–H groups in total. The van der Waals surface area contributed by atoms with Crippen molar-refractivity contribution in [3.8, 4) is 5.75 Å². The van der Waals surface area contributed by atoms with Crippen molar-refractivity contribution in [3.63, 3.8) is 0 Å². The Labute approximate surface area is 266 Å². The van der Waals surface area contributed by atoms with E-state index >= 15 is 4.39 Å². The summed E-state index contributed by atoms with van der Waals surface area (Å²) in [6.45, 7) is 5.51. The second-order valence-electron chi connectivity index (χ2n) is 11.3. The Hall–Kier alpha value is -4.91. The number of hydrogen-bond donors (Lipinski definition) is 4. The number of nitrogens with two attached hydrogens (primary N) is 1. The predicted molar refractivity (Wildman–Crippen MR) is 174 cm³/mol. The van der Waals surface area contributed by atoms with Crippen LogP contribution in [0.1, 0.15) is 56.8 Å². The molecular formula is C33H36FN5O6S. The van der Waals surface area contributed by atoms with E-state index in [4.69, 9.17) is 10.5 Å². The molecule has 5 rings (SSSR count). The Morgan fingerprint density at radius 1 is 1.11 bits per heavy atom. The lowest BCUT2D eigenvalue weighted by Crippen LogP contribution is -2.38. The fourth-order valence-corrected chi connectivity index (χ4v) is 7.06. The molecule has 2 atom stereocenters. The molecule has 1 fully saturated rings.